The van der Waals surface area contributed by atoms with Crippen molar-refractivity contribution in [3.8, 4) is 0 Å². The minimum Gasteiger partial charge on any atom is -0.286 e. The topological polar surface area (TPSA) is 40.5 Å². The summed E-state index contributed by atoms with van der Waals surface area (Å²) in [5, 5.41) is 10.7. The minimum absolute atomic E-state index is 0.213. The molecule has 0 spiro atoms. The second-order valence-corrected chi connectivity index (χ2v) is 6.03. The van der Waals surface area contributed by atoms with Crippen LogP contribution in [0.5, 0.6) is 0 Å². The van der Waals surface area contributed by atoms with Gasteiger partial charge in [0.1, 0.15) is 0 Å². The molecule has 1 amide bonds. The van der Waals surface area contributed by atoms with Crippen molar-refractivity contribution in [1.29, 1.82) is 0 Å². The highest BCUT2D eigenvalue weighted by atomic mass is 16.5. The fraction of sp³-hybridized carbons (Fsp3) is 0.316. The first kappa shape index (κ1) is 16.2. The Morgan fingerprint density at radius 3 is 2.14 bits per heavy atom. The van der Waals surface area contributed by atoms with Gasteiger partial charge >= 0.3 is 0 Å². The van der Waals surface area contributed by atoms with Crippen molar-refractivity contribution >= 4 is 5.91 Å². The molecule has 2 aromatic carbocycles. The van der Waals surface area contributed by atoms with Crippen molar-refractivity contribution in [2.45, 2.75) is 33.2 Å². The molecule has 0 atom stereocenters. The first-order chi connectivity index (χ1) is 10.5. The molecule has 0 heterocycles. The van der Waals surface area contributed by atoms with E-state index in [-0.39, 0.29) is 18.9 Å². The normalized spacial score (nSPS) is 10.7. The van der Waals surface area contributed by atoms with Gasteiger partial charge in [0.05, 0.1) is 13.0 Å². The van der Waals surface area contributed by atoms with E-state index in [1.165, 1.54) is 5.56 Å². The van der Waals surface area contributed by atoms with Crippen LogP contribution in [0.1, 0.15) is 30.5 Å². The van der Waals surface area contributed by atoms with Gasteiger partial charge in [0, 0.05) is 0 Å². The minimum atomic E-state index is -0.291. The molecule has 0 saturated heterocycles. The monoisotopic (exact) mass is 297 g/mol. The van der Waals surface area contributed by atoms with Crippen molar-refractivity contribution in [2.75, 3.05) is 0 Å². The van der Waals surface area contributed by atoms with Gasteiger partial charge in [0.15, 0.2) is 0 Å². The SMILES string of the molecule is CC(C)Cc1ccc(CC(=O)N(O)Cc2ccccc2)cc1. The second-order valence-electron chi connectivity index (χ2n) is 6.03. The molecule has 0 unspecified atom stereocenters. The standard InChI is InChI=1S/C19H23NO2/c1-15(2)12-16-8-10-17(11-9-16)13-19(21)20(22)14-18-6-4-3-5-7-18/h3-11,15,22H,12-14H2,1-2H3. The van der Waals surface area contributed by atoms with E-state index in [1.807, 2.05) is 42.5 Å². The van der Waals surface area contributed by atoms with Crippen molar-refractivity contribution in [3.05, 3.63) is 71.3 Å². The lowest BCUT2D eigenvalue weighted by Gasteiger charge is -2.15. The molecule has 1 N–H and O–H groups in total. The lowest BCUT2D eigenvalue weighted by Crippen LogP contribution is -2.28. The summed E-state index contributed by atoms with van der Waals surface area (Å²) in [6, 6.07) is 17.5. The highest BCUT2D eigenvalue weighted by Gasteiger charge is 2.12. The Balaban J connectivity index is 1.90. The van der Waals surface area contributed by atoms with Gasteiger partial charge in [-0.1, -0.05) is 68.4 Å². The van der Waals surface area contributed by atoms with Crippen molar-refractivity contribution in [1.82, 2.24) is 5.06 Å². The van der Waals surface area contributed by atoms with E-state index < -0.39 is 0 Å². The summed E-state index contributed by atoms with van der Waals surface area (Å²) in [6.45, 7) is 4.58. The average molecular weight is 297 g/mol. The van der Waals surface area contributed by atoms with E-state index in [0.29, 0.717) is 5.92 Å². The predicted octanol–water partition coefficient (Wildman–Crippen LogP) is 3.85. The summed E-state index contributed by atoms with van der Waals surface area (Å²) in [7, 11) is 0. The summed E-state index contributed by atoms with van der Waals surface area (Å²) in [5.41, 5.74) is 3.10. The number of carbonyl (C=O) groups excluding carboxylic acids is 1. The van der Waals surface area contributed by atoms with Crippen LogP contribution in [0, 0.1) is 5.92 Å². The zero-order chi connectivity index (χ0) is 15.9. The first-order valence-electron chi connectivity index (χ1n) is 7.65. The van der Waals surface area contributed by atoms with Crippen molar-refractivity contribution in [2.24, 2.45) is 5.92 Å². The van der Waals surface area contributed by atoms with E-state index in [0.717, 1.165) is 22.6 Å². The van der Waals surface area contributed by atoms with E-state index in [2.05, 4.69) is 26.0 Å². The fourth-order valence-corrected chi connectivity index (χ4v) is 2.38. The van der Waals surface area contributed by atoms with Crippen LogP contribution in [0.4, 0.5) is 0 Å². The number of carbonyl (C=O) groups is 1. The molecule has 116 valence electrons. The Morgan fingerprint density at radius 1 is 0.955 bits per heavy atom. The molecule has 2 aromatic rings. The summed E-state index contributed by atoms with van der Waals surface area (Å²) >= 11 is 0. The summed E-state index contributed by atoms with van der Waals surface area (Å²) in [5.74, 6) is 0.326. The molecule has 2 rings (SSSR count). The number of hydrogen-bond acceptors (Lipinski definition) is 2. The van der Waals surface area contributed by atoms with E-state index in [4.69, 9.17) is 0 Å². The van der Waals surface area contributed by atoms with E-state index in [9.17, 15) is 10.0 Å². The molecule has 0 aliphatic heterocycles. The van der Waals surface area contributed by atoms with Gasteiger partial charge < -0.3 is 0 Å². The van der Waals surface area contributed by atoms with Crippen LogP contribution in [-0.4, -0.2) is 16.2 Å². The quantitative estimate of drug-likeness (QED) is 0.650. The molecule has 0 aliphatic rings. The largest absolute Gasteiger partial charge is 0.286 e. The number of hydroxylamine groups is 2. The third-order valence-electron chi connectivity index (χ3n) is 3.49. The van der Waals surface area contributed by atoms with Crippen LogP contribution in [0.3, 0.4) is 0 Å². The Labute approximate surface area is 132 Å². The predicted molar refractivity (Wildman–Crippen MR) is 87.5 cm³/mol. The molecule has 0 radical (unpaired) electrons. The lowest BCUT2D eigenvalue weighted by atomic mass is 10.0. The highest BCUT2D eigenvalue weighted by Crippen LogP contribution is 2.11. The Kier molecular flexibility index (Phi) is 5.73. The molecular weight excluding hydrogens is 274 g/mol. The fourth-order valence-electron chi connectivity index (χ4n) is 2.38. The summed E-state index contributed by atoms with van der Waals surface area (Å²) < 4.78 is 0. The molecule has 0 bridgehead atoms. The maximum absolute atomic E-state index is 12.1. The molecular formula is C19H23NO2. The lowest BCUT2D eigenvalue weighted by molar-refractivity contribution is -0.167. The number of hydrogen-bond donors (Lipinski definition) is 1. The number of amides is 1. The van der Waals surface area contributed by atoms with Crippen LogP contribution in [-0.2, 0) is 24.2 Å². The first-order valence-corrected chi connectivity index (χ1v) is 7.65. The van der Waals surface area contributed by atoms with Crippen LogP contribution >= 0.6 is 0 Å². The van der Waals surface area contributed by atoms with Crippen LogP contribution in [0.15, 0.2) is 54.6 Å². The summed E-state index contributed by atoms with van der Waals surface area (Å²) in [4.78, 5) is 12.1. The highest BCUT2D eigenvalue weighted by molar-refractivity contribution is 5.77. The van der Waals surface area contributed by atoms with Crippen LogP contribution in [0.25, 0.3) is 0 Å². The number of rotatable bonds is 6. The smallest absolute Gasteiger partial charge is 0.250 e. The average Bonchev–Trinajstić information content (AvgIpc) is 2.49. The zero-order valence-corrected chi connectivity index (χ0v) is 13.2. The molecule has 22 heavy (non-hydrogen) atoms. The van der Waals surface area contributed by atoms with Gasteiger partial charge in [0.25, 0.3) is 5.91 Å². The van der Waals surface area contributed by atoms with Gasteiger partial charge in [0.2, 0.25) is 0 Å². The van der Waals surface area contributed by atoms with E-state index >= 15 is 0 Å². The van der Waals surface area contributed by atoms with Gasteiger partial charge in [-0.25, -0.2) is 5.06 Å². The Morgan fingerprint density at radius 2 is 1.55 bits per heavy atom. The van der Waals surface area contributed by atoms with Crippen molar-refractivity contribution < 1.29 is 10.0 Å². The Hall–Kier alpha value is -2.13. The van der Waals surface area contributed by atoms with Gasteiger partial charge in [-0.05, 0) is 29.0 Å². The summed E-state index contributed by atoms with van der Waals surface area (Å²) in [6.07, 6.45) is 1.25. The van der Waals surface area contributed by atoms with E-state index in [1.54, 1.807) is 0 Å². The number of nitrogens with zero attached hydrogens (tertiary/aromatic N) is 1. The Bertz CT molecular complexity index is 591. The molecule has 0 fully saturated rings. The number of benzene rings is 2. The molecule has 0 aromatic heterocycles. The maximum atomic E-state index is 12.1. The second kappa shape index (κ2) is 7.76. The van der Waals surface area contributed by atoms with Gasteiger partial charge in [-0.15, -0.1) is 0 Å². The zero-order valence-electron chi connectivity index (χ0n) is 13.2. The molecule has 0 aliphatic carbocycles. The molecule has 3 heteroatoms. The third kappa shape index (κ3) is 5.01. The van der Waals surface area contributed by atoms with Gasteiger partial charge in [-0.3, -0.25) is 10.0 Å². The third-order valence-corrected chi connectivity index (χ3v) is 3.49. The molecule has 3 nitrogen and oxygen atoms in total. The van der Waals surface area contributed by atoms with Gasteiger partial charge in [-0.2, -0.15) is 0 Å². The van der Waals surface area contributed by atoms with Crippen molar-refractivity contribution in [3.63, 3.8) is 0 Å². The maximum Gasteiger partial charge on any atom is 0.250 e. The van der Waals surface area contributed by atoms with Crippen LogP contribution in [0.2, 0.25) is 0 Å². The molecule has 0 saturated carbocycles. The van der Waals surface area contributed by atoms with Crippen LogP contribution < -0.4 is 0 Å².